The maximum absolute atomic E-state index is 12.4. The number of rotatable bonds is 7. The second kappa shape index (κ2) is 10.7. The van der Waals surface area contributed by atoms with E-state index in [-0.39, 0.29) is 6.61 Å². The Bertz CT molecular complexity index is 982. The summed E-state index contributed by atoms with van der Waals surface area (Å²) in [6.07, 6.45) is 5.04. The second-order valence-electron chi connectivity index (χ2n) is 6.79. The van der Waals surface area contributed by atoms with E-state index < -0.39 is 17.8 Å². The molecule has 1 aromatic heterocycles. The van der Waals surface area contributed by atoms with Gasteiger partial charge in [-0.05, 0) is 74.9 Å². The molecule has 2 N–H and O–H groups in total. The van der Waals surface area contributed by atoms with Gasteiger partial charge in [-0.3, -0.25) is 9.59 Å². The van der Waals surface area contributed by atoms with Crippen LogP contribution in [0.25, 0.3) is 0 Å². The number of ether oxygens (including phenoxy) is 2. The van der Waals surface area contributed by atoms with Crippen LogP contribution in [0.3, 0.4) is 0 Å². The molecule has 0 fully saturated rings. The van der Waals surface area contributed by atoms with Crippen LogP contribution >= 0.6 is 11.3 Å². The smallest absolute Gasteiger partial charge is 0.341 e. The minimum absolute atomic E-state index is 0.234. The Morgan fingerprint density at radius 1 is 1.06 bits per heavy atom. The molecule has 0 saturated carbocycles. The number of hydrogen-bond acceptors (Lipinski definition) is 7. The van der Waals surface area contributed by atoms with E-state index in [1.54, 1.807) is 31.2 Å². The van der Waals surface area contributed by atoms with Gasteiger partial charge in [0.2, 0.25) is 0 Å². The summed E-state index contributed by atoms with van der Waals surface area (Å²) in [4.78, 5) is 38.0. The fourth-order valence-corrected chi connectivity index (χ4v) is 4.54. The Kier molecular flexibility index (Phi) is 7.77. The third-order valence-electron chi connectivity index (χ3n) is 4.65. The van der Waals surface area contributed by atoms with E-state index in [1.807, 2.05) is 6.92 Å². The lowest BCUT2D eigenvalue weighted by Crippen LogP contribution is -2.32. The van der Waals surface area contributed by atoms with Gasteiger partial charge >= 0.3 is 17.8 Å². The number of esters is 1. The Morgan fingerprint density at radius 2 is 1.81 bits per heavy atom. The van der Waals surface area contributed by atoms with Crippen LogP contribution < -0.4 is 15.5 Å². The number of hydrogen-bond donors (Lipinski definition) is 2. The molecule has 1 heterocycles. The van der Waals surface area contributed by atoms with Crippen LogP contribution in [0.15, 0.2) is 29.4 Å². The van der Waals surface area contributed by atoms with Crippen LogP contribution in [-0.2, 0) is 27.2 Å². The molecule has 0 spiro atoms. The molecular formula is C22H25N3O5S. The molecule has 31 heavy (non-hydrogen) atoms. The van der Waals surface area contributed by atoms with Gasteiger partial charge in [-0.25, -0.2) is 10.2 Å². The molecule has 2 aromatic rings. The molecule has 0 bridgehead atoms. The molecule has 0 radical (unpaired) electrons. The van der Waals surface area contributed by atoms with Gasteiger partial charge in [-0.15, -0.1) is 11.3 Å². The van der Waals surface area contributed by atoms with E-state index in [0.29, 0.717) is 17.2 Å². The zero-order valence-electron chi connectivity index (χ0n) is 17.5. The summed E-state index contributed by atoms with van der Waals surface area (Å²) in [5, 5.41) is 6.72. The van der Waals surface area contributed by atoms with Gasteiger partial charge in [0.05, 0.1) is 25.0 Å². The Labute approximate surface area is 184 Å². The number of anilines is 1. The number of fused-ring (bicyclic) bond motifs is 1. The zero-order valence-corrected chi connectivity index (χ0v) is 18.3. The summed E-state index contributed by atoms with van der Waals surface area (Å²) in [6.45, 7) is 4.43. The van der Waals surface area contributed by atoms with Crippen molar-refractivity contribution in [1.29, 1.82) is 0 Å². The molecule has 0 saturated heterocycles. The van der Waals surface area contributed by atoms with Crippen LogP contribution in [0.2, 0.25) is 0 Å². The highest BCUT2D eigenvalue weighted by Crippen LogP contribution is 2.38. The molecule has 0 aliphatic heterocycles. The number of aryl methyl sites for hydroxylation is 1. The van der Waals surface area contributed by atoms with Gasteiger partial charge in [0, 0.05) is 4.88 Å². The SMILES string of the molecule is CCOC(=O)c1c(NC(=O)C(=O)N/N=C\c2ccc(OCC)cc2)sc2c1CCCC2. The van der Waals surface area contributed by atoms with Crippen molar-refractivity contribution in [2.24, 2.45) is 5.10 Å². The maximum atomic E-state index is 12.4. The third-order valence-corrected chi connectivity index (χ3v) is 5.86. The Morgan fingerprint density at radius 3 is 2.52 bits per heavy atom. The van der Waals surface area contributed by atoms with Crippen LogP contribution in [0.1, 0.15) is 53.1 Å². The van der Waals surface area contributed by atoms with E-state index in [4.69, 9.17) is 9.47 Å². The molecule has 164 valence electrons. The van der Waals surface area contributed by atoms with Crippen molar-refractivity contribution in [2.45, 2.75) is 39.5 Å². The van der Waals surface area contributed by atoms with Crippen molar-refractivity contribution in [3.05, 3.63) is 45.8 Å². The highest BCUT2D eigenvalue weighted by molar-refractivity contribution is 7.17. The maximum Gasteiger partial charge on any atom is 0.341 e. The quantitative estimate of drug-likeness (QED) is 0.296. The lowest BCUT2D eigenvalue weighted by atomic mass is 9.95. The lowest BCUT2D eigenvalue weighted by molar-refractivity contribution is -0.136. The molecule has 0 unspecified atom stereocenters. The first kappa shape index (κ1) is 22.5. The number of amides is 2. The van der Waals surface area contributed by atoms with Crippen molar-refractivity contribution in [1.82, 2.24) is 5.43 Å². The van der Waals surface area contributed by atoms with E-state index >= 15 is 0 Å². The second-order valence-corrected chi connectivity index (χ2v) is 7.90. The Balaban J connectivity index is 1.64. The number of carbonyl (C=O) groups is 3. The number of nitrogens with one attached hydrogen (secondary N) is 2. The molecule has 1 aliphatic rings. The summed E-state index contributed by atoms with van der Waals surface area (Å²) in [5.74, 6) is -1.57. The molecule has 9 heteroatoms. The van der Waals surface area contributed by atoms with E-state index in [9.17, 15) is 14.4 Å². The molecule has 8 nitrogen and oxygen atoms in total. The van der Waals surface area contributed by atoms with Crippen molar-refractivity contribution in [3.63, 3.8) is 0 Å². The number of benzene rings is 1. The van der Waals surface area contributed by atoms with E-state index in [0.717, 1.165) is 47.4 Å². The minimum atomic E-state index is -0.927. The summed E-state index contributed by atoms with van der Waals surface area (Å²) >= 11 is 1.32. The van der Waals surface area contributed by atoms with Crippen LogP contribution in [-0.4, -0.2) is 37.2 Å². The summed E-state index contributed by atoms with van der Waals surface area (Å²) in [5.41, 5.74) is 4.22. The predicted octanol–water partition coefficient (Wildman–Crippen LogP) is 3.29. The van der Waals surface area contributed by atoms with Crippen LogP contribution in [0.4, 0.5) is 5.00 Å². The molecular weight excluding hydrogens is 418 g/mol. The third kappa shape index (κ3) is 5.69. The van der Waals surface area contributed by atoms with Gasteiger partial charge in [0.1, 0.15) is 10.8 Å². The standard InChI is InChI=1S/C22H25N3O5S/c1-3-29-15-11-9-14(10-12-15)13-23-25-20(27)19(26)24-21-18(22(28)30-4-2)16-7-5-6-8-17(16)31-21/h9-13H,3-8H2,1-2H3,(H,24,26)(H,25,27)/b23-13-. The topological polar surface area (TPSA) is 106 Å². The molecule has 2 amide bonds. The fourth-order valence-electron chi connectivity index (χ4n) is 3.27. The summed E-state index contributed by atoms with van der Waals surface area (Å²) in [7, 11) is 0. The first-order chi connectivity index (χ1) is 15.0. The van der Waals surface area contributed by atoms with Crippen molar-refractivity contribution < 1.29 is 23.9 Å². The molecule has 1 aliphatic carbocycles. The van der Waals surface area contributed by atoms with Crippen LogP contribution in [0.5, 0.6) is 5.75 Å². The fraction of sp³-hybridized carbons (Fsp3) is 0.364. The van der Waals surface area contributed by atoms with Gasteiger partial charge in [-0.2, -0.15) is 5.10 Å². The van der Waals surface area contributed by atoms with Crippen molar-refractivity contribution in [3.8, 4) is 5.75 Å². The zero-order chi connectivity index (χ0) is 22.2. The molecule has 3 rings (SSSR count). The van der Waals surface area contributed by atoms with E-state index in [1.165, 1.54) is 17.6 Å². The average molecular weight is 444 g/mol. The lowest BCUT2D eigenvalue weighted by Gasteiger charge is -2.12. The van der Waals surface area contributed by atoms with Crippen molar-refractivity contribution >= 4 is 40.3 Å². The number of hydrazone groups is 1. The van der Waals surface area contributed by atoms with Gasteiger partial charge in [0.15, 0.2) is 0 Å². The van der Waals surface area contributed by atoms with Gasteiger partial charge < -0.3 is 14.8 Å². The first-order valence-corrected chi connectivity index (χ1v) is 11.0. The number of carbonyl (C=O) groups excluding carboxylic acids is 3. The van der Waals surface area contributed by atoms with Gasteiger partial charge in [-0.1, -0.05) is 0 Å². The first-order valence-electron chi connectivity index (χ1n) is 10.2. The predicted molar refractivity (Wildman–Crippen MR) is 119 cm³/mol. The highest BCUT2D eigenvalue weighted by Gasteiger charge is 2.28. The Hall–Kier alpha value is -3.20. The number of nitrogens with zero attached hydrogens (tertiary/aromatic N) is 1. The van der Waals surface area contributed by atoms with Gasteiger partial charge in [0.25, 0.3) is 0 Å². The van der Waals surface area contributed by atoms with E-state index in [2.05, 4.69) is 15.8 Å². The average Bonchev–Trinajstić information content (AvgIpc) is 3.13. The minimum Gasteiger partial charge on any atom is -0.494 e. The number of thiophene rings is 1. The highest BCUT2D eigenvalue weighted by atomic mass is 32.1. The molecule has 1 aromatic carbocycles. The summed E-state index contributed by atoms with van der Waals surface area (Å²) < 4.78 is 10.5. The summed E-state index contributed by atoms with van der Waals surface area (Å²) in [6, 6.07) is 7.13. The normalized spacial score (nSPS) is 12.8. The van der Waals surface area contributed by atoms with Crippen LogP contribution in [0, 0.1) is 0 Å². The van der Waals surface area contributed by atoms with Crippen molar-refractivity contribution in [2.75, 3.05) is 18.5 Å². The largest absolute Gasteiger partial charge is 0.494 e. The molecule has 0 atom stereocenters. The monoisotopic (exact) mass is 443 g/mol.